The normalized spacial score (nSPS) is 26.9. The smallest absolute Gasteiger partial charge is 0.123 e. The molecule has 1 nitrogen and oxygen atoms in total. The second-order valence-corrected chi connectivity index (χ2v) is 4.34. The van der Waals surface area contributed by atoms with Gasteiger partial charge < -0.3 is 0 Å². The van der Waals surface area contributed by atoms with Crippen molar-refractivity contribution in [2.45, 2.75) is 24.9 Å². The fourth-order valence-electron chi connectivity index (χ4n) is 0.908. The number of hydrogen-bond acceptors (Lipinski definition) is 1. The van der Waals surface area contributed by atoms with Crippen molar-refractivity contribution in [3.05, 3.63) is 0 Å². The first kappa shape index (κ1) is 7.48. The first-order valence-corrected chi connectivity index (χ1v) is 5.00. The molecule has 0 heterocycles. The van der Waals surface area contributed by atoms with E-state index in [1.54, 1.807) is 0 Å². The van der Waals surface area contributed by atoms with Gasteiger partial charge >= 0.3 is 0 Å². The Labute approximate surface area is 60.5 Å². The van der Waals surface area contributed by atoms with E-state index >= 15 is 0 Å². The molecule has 1 unspecified atom stereocenters. The van der Waals surface area contributed by atoms with E-state index in [4.69, 9.17) is 10.7 Å². The van der Waals surface area contributed by atoms with Crippen molar-refractivity contribution in [2.75, 3.05) is 5.75 Å². The van der Waals surface area contributed by atoms with Crippen LogP contribution in [0.4, 0.5) is 4.39 Å². The Kier molecular flexibility index (Phi) is 2.11. The summed E-state index contributed by atoms with van der Waals surface area (Å²) in [5.74, 6) is 0.00849. The monoisotopic (exact) mass is 170 g/mol. The molecule has 1 aliphatic carbocycles. The van der Waals surface area contributed by atoms with Crippen molar-refractivity contribution in [1.82, 2.24) is 0 Å². The Morgan fingerprint density at radius 1 is 1.67 bits per heavy atom. The molecule has 0 saturated heterocycles. The Morgan fingerprint density at radius 2 is 2.22 bits per heavy atom. The summed E-state index contributed by atoms with van der Waals surface area (Å²) < 4.78 is 23.2. The van der Waals surface area contributed by atoms with Crippen molar-refractivity contribution < 1.29 is 8.60 Å². The van der Waals surface area contributed by atoms with Crippen LogP contribution in [0.3, 0.4) is 0 Å². The molecule has 1 fully saturated rings. The Hall–Kier alpha value is 0.370. The van der Waals surface area contributed by atoms with Crippen molar-refractivity contribution in [3.8, 4) is 0 Å². The van der Waals surface area contributed by atoms with Gasteiger partial charge in [-0.15, -0.1) is 0 Å². The summed E-state index contributed by atoms with van der Waals surface area (Å²) in [6.45, 7) is 0. The van der Waals surface area contributed by atoms with Crippen LogP contribution in [0.1, 0.15) is 19.3 Å². The van der Waals surface area contributed by atoms with Crippen molar-refractivity contribution in [3.63, 3.8) is 0 Å². The van der Waals surface area contributed by atoms with Gasteiger partial charge in [-0.25, -0.2) is 8.60 Å². The fraction of sp³-hybridized carbons (Fsp3) is 1.00. The number of alkyl halides is 1. The van der Waals surface area contributed by atoms with Gasteiger partial charge in [-0.3, -0.25) is 0 Å². The standard InChI is InChI=1S/C5H8ClFOS/c6-9(8)4-5(7)2-1-3-5/h1-4H2. The maximum atomic E-state index is 12.9. The molecule has 0 radical (unpaired) electrons. The average molecular weight is 171 g/mol. The molecule has 0 aromatic rings. The van der Waals surface area contributed by atoms with Crippen molar-refractivity contribution >= 4 is 20.7 Å². The van der Waals surface area contributed by atoms with E-state index in [-0.39, 0.29) is 5.75 Å². The zero-order chi connectivity index (χ0) is 6.91. The van der Waals surface area contributed by atoms with Crippen LogP contribution in [0.15, 0.2) is 0 Å². The predicted molar refractivity (Wildman–Crippen MR) is 36.6 cm³/mol. The van der Waals surface area contributed by atoms with Gasteiger partial charge in [-0.1, -0.05) is 0 Å². The topological polar surface area (TPSA) is 17.1 Å². The molecule has 0 aliphatic heterocycles. The Balaban J connectivity index is 2.33. The van der Waals surface area contributed by atoms with E-state index in [9.17, 15) is 8.60 Å². The van der Waals surface area contributed by atoms with Crippen LogP contribution in [0.5, 0.6) is 0 Å². The summed E-state index contributed by atoms with van der Waals surface area (Å²) in [6.07, 6.45) is 1.97. The lowest BCUT2D eigenvalue weighted by Crippen LogP contribution is -2.36. The van der Waals surface area contributed by atoms with Gasteiger partial charge in [0, 0.05) is 0 Å². The van der Waals surface area contributed by atoms with Crippen LogP contribution in [0, 0.1) is 0 Å². The summed E-state index contributed by atoms with van der Waals surface area (Å²) in [5, 5.41) is 0. The van der Waals surface area contributed by atoms with Gasteiger partial charge in [0.15, 0.2) is 0 Å². The largest absolute Gasteiger partial charge is 0.243 e. The van der Waals surface area contributed by atoms with Gasteiger partial charge in [-0.2, -0.15) is 0 Å². The van der Waals surface area contributed by atoms with Gasteiger partial charge in [0.25, 0.3) is 0 Å². The summed E-state index contributed by atoms with van der Waals surface area (Å²) in [6, 6.07) is 0. The highest BCUT2D eigenvalue weighted by Gasteiger charge is 2.38. The fourth-order valence-corrected chi connectivity index (χ4v) is 2.19. The number of halogens is 2. The summed E-state index contributed by atoms with van der Waals surface area (Å²) in [4.78, 5) is 0. The van der Waals surface area contributed by atoms with E-state index in [0.717, 1.165) is 6.42 Å². The van der Waals surface area contributed by atoms with Gasteiger partial charge in [0.1, 0.15) is 15.7 Å². The second-order valence-electron chi connectivity index (χ2n) is 2.44. The van der Waals surface area contributed by atoms with E-state index in [0.29, 0.717) is 12.8 Å². The first-order chi connectivity index (χ1) is 4.12. The lowest BCUT2D eigenvalue weighted by Gasteiger charge is -2.32. The van der Waals surface area contributed by atoms with Gasteiger partial charge in [-0.05, 0) is 29.9 Å². The third-order valence-corrected chi connectivity index (χ3v) is 2.69. The molecule has 0 aromatic heterocycles. The lowest BCUT2D eigenvalue weighted by atomic mass is 9.84. The van der Waals surface area contributed by atoms with Crippen LogP contribution in [-0.4, -0.2) is 15.6 Å². The second kappa shape index (κ2) is 2.54. The summed E-state index contributed by atoms with van der Waals surface area (Å²) >= 11 is 0. The highest BCUT2D eigenvalue weighted by atomic mass is 35.7. The van der Waals surface area contributed by atoms with Gasteiger partial charge in [0.2, 0.25) is 0 Å². The minimum absolute atomic E-state index is 0.00849. The maximum absolute atomic E-state index is 12.9. The minimum atomic E-state index is -1.49. The molecule has 0 spiro atoms. The molecule has 0 N–H and O–H groups in total. The van der Waals surface area contributed by atoms with E-state index in [1.807, 2.05) is 0 Å². The van der Waals surface area contributed by atoms with E-state index < -0.39 is 15.7 Å². The molecule has 1 aliphatic rings. The molecule has 54 valence electrons. The Morgan fingerprint density at radius 3 is 2.33 bits per heavy atom. The minimum Gasteiger partial charge on any atom is -0.243 e. The van der Waals surface area contributed by atoms with Crippen LogP contribution in [0.2, 0.25) is 0 Å². The van der Waals surface area contributed by atoms with Crippen molar-refractivity contribution in [1.29, 1.82) is 0 Å². The van der Waals surface area contributed by atoms with Crippen LogP contribution < -0.4 is 0 Å². The highest BCUT2D eigenvalue weighted by molar-refractivity contribution is 8.08. The Bertz CT molecular complexity index is 135. The van der Waals surface area contributed by atoms with E-state index in [1.165, 1.54) is 0 Å². The van der Waals surface area contributed by atoms with Crippen LogP contribution in [0.25, 0.3) is 0 Å². The third-order valence-electron chi connectivity index (χ3n) is 1.62. The summed E-state index contributed by atoms with van der Waals surface area (Å²) in [5.41, 5.74) is -1.19. The van der Waals surface area contributed by atoms with Crippen molar-refractivity contribution in [2.24, 2.45) is 0 Å². The highest BCUT2D eigenvalue weighted by Crippen LogP contribution is 2.36. The third kappa shape index (κ3) is 1.90. The zero-order valence-electron chi connectivity index (χ0n) is 4.90. The average Bonchev–Trinajstić information content (AvgIpc) is 1.60. The van der Waals surface area contributed by atoms with Gasteiger partial charge in [0.05, 0.1) is 5.75 Å². The molecular formula is C5H8ClFOS. The van der Waals surface area contributed by atoms with Crippen LogP contribution >= 0.6 is 10.7 Å². The maximum Gasteiger partial charge on any atom is 0.123 e. The summed E-state index contributed by atoms with van der Waals surface area (Å²) in [7, 11) is 3.62. The lowest BCUT2D eigenvalue weighted by molar-refractivity contribution is 0.0906. The molecule has 1 saturated carbocycles. The molecule has 9 heavy (non-hydrogen) atoms. The van der Waals surface area contributed by atoms with E-state index in [2.05, 4.69) is 0 Å². The number of hydrogen-bond donors (Lipinski definition) is 0. The molecular weight excluding hydrogens is 163 g/mol. The molecule has 4 heteroatoms. The molecule has 0 amide bonds. The molecule has 1 rings (SSSR count). The first-order valence-electron chi connectivity index (χ1n) is 2.86. The van der Waals surface area contributed by atoms with Crippen LogP contribution in [-0.2, 0) is 10.0 Å². The number of rotatable bonds is 2. The molecule has 0 aromatic carbocycles. The zero-order valence-corrected chi connectivity index (χ0v) is 6.47. The SMILES string of the molecule is O=S(Cl)CC1(F)CCC1. The predicted octanol–water partition coefficient (Wildman–Crippen LogP) is 1.78. The molecule has 0 bridgehead atoms. The molecule has 1 atom stereocenters. The quantitative estimate of drug-likeness (QED) is 0.578.